The van der Waals surface area contributed by atoms with Crippen LogP contribution in [0.25, 0.3) is 11.4 Å². The molecule has 0 N–H and O–H groups in total. The lowest BCUT2D eigenvalue weighted by atomic mass is 10.2. The lowest BCUT2D eigenvalue weighted by Gasteiger charge is -2.11. The molecule has 0 aliphatic heterocycles. The van der Waals surface area contributed by atoms with E-state index in [1.54, 1.807) is 0 Å². The molecular weight excluding hydrogens is 352 g/mol. The summed E-state index contributed by atoms with van der Waals surface area (Å²) in [6.45, 7) is 6.12. The number of aryl methyl sites for hydroxylation is 1. The summed E-state index contributed by atoms with van der Waals surface area (Å²) in [7, 11) is 0. The van der Waals surface area contributed by atoms with Crippen LogP contribution in [0.4, 0.5) is 0 Å². The first-order chi connectivity index (χ1) is 10.0. The van der Waals surface area contributed by atoms with Crippen LogP contribution in [-0.4, -0.2) is 16.1 Å². The van der Waals surface area contributed by atoms with Gasteiger partial charge in [-0.05, 0) is 60.5 Å². The van der Waals surface area contributed by atoms with E-state index in [0.717, 1.165) is 34.3 Å². The normalized spacial score (nSPS) is 11.0. The van der Waals surface area contributed by atoms with Crippen LogP contribution in [0.15, 0.2) is 28.7 Å². The Bertz CT molecular complexity index is 614. The summed E-state index contributed by atoms with van der Waals surface area (Å²) in [5.74, 6) is 1.48. The molecule has 0 aliphatic rings. The molecule has 0 fully saturated rings. The number of rotatable bonds is 5. The zero-order valence-electron chi connectivity index (χ0n) is 12.4. The molecule has 5 heteroatoms. The third-order valence-corrected chi connectivity index (χ3v) is 4.19. The van der Waals surface area contributed by atoms with Crippen LogP contribution >= 0.6 is 27.5 Å². The number of benzene rings is 1. The van der Waals surface area contributed by atoms with Crippen molar-refractivity contribution in [3.05, 3.63) is 39.6 Å². The molecule has 0 aliphatic carbocycles. The lowest BCUT2D eigenvalue weighted by molar-refractivity contribution is 0.242. The highest BCUT2D eigenvalue weighted by Gasteiger charge is 2.11. The van der Waals surface area contributed by atoms with Gasteiger partial charge in [0, 0.05) is 5.56 Å². The highest BCUT2D eigenvalue weighted by Crippen LogP contribution is 2.28. The van der Waals surface area contributed by atoms with Gasteiger partial charge in [0.15, 0.2) is 5.82 Å². The lowest BCUT2D eigenvalue weighted by Crippen LogP contribution is -2.05. The van der Waals surface area contributed by atoms with Gasteiger partial charge in [0.05, 0.1) is 16.3 Å². The van der Waals surface area contributed by atoms with Crippen LogP contribution < -0.4 is 4.74 Å². The van der Waals surface area contributed by atoms with Crippen molar-refractivity contribution in [3.8, 4) is 17.1 Å². The first-order valence-corrected chi connectivity index (χ1v) is 8.17. The van der Waals surface area contributed by atoms with Crippen LogP contribution in [0, 0.1) is 0 Å². The molecule has 1 aromatic carbocycles. The second-order valence-electron chi connectivity index (χ2n) is 5.04. The number of aromatic nitrogens is 2. The van der Waals surface area contributed by atoms with Gasteiger partial charge in [-0.15, -0.1) is 0 Å². The molecule has 1 aromatic heterocycles. The third kappa shape index (κ3) is 4.17. The Balaban J connectivity index is 2.33. The minimum absolute atomic E-state index is 0.158. The predicted molar refractivity (Wildman–Crippen MR) is 89.9 cm³/mol. The first-order valence-electron chi connectivity index (χ1n) is 7.00. The van der Waals surface area contributed by atoms with Crippen LogP contribution in [-0.2, 0) is 6.42 Å². The fourth-order valence-electron chi connectivity index (χ4n) is 1.95. The van der Waals surface area contributed by atoms with Gasteiger partial charge in [0.1, 0.15) is 10.9 Å². The number of nitrogens with zero attached hydrogens (tertiary/aromatic N) is 2. The summed E-state index contributed by atoms with van der Waals surface area (Å²) in [5, 5.41) is 0.450. The number of halogens is 2. The van der Waals surface area contributed by atoms with E-state index in [0.29, 0.717) is 11.0 Å². The number of ether oxygens (including phenoxy) is 1. The Morgan fingerprint density at radius 2 is 1.86 bits per heavy atom. The van der Waals surface area contributed by atoms with Gasteiger partial charge in [-0.1, -0.05) is 24.9 Å². The molecule has 21 heavy (non-hydrogen) atoms. The third-order valence-electron chi connectivity index (χ3n) is 2.85. The van der Waals surface area contributed by atoms with Crippen LogP contribution in [0.5, 0.6) is 5.75 Å². The van der Waals surface area contributed by atoms with Gasteiger partial charge in [-0.25, -0.2) is 9.97 Å². The summed E-state index contributed by atoms with van der Waals surface area (Å²) in [6.07, 6.45) is 2.03. The van der Waals surface area contributed by atoms with Crippen molar-refractivity contribution in [1.29, 1.82) is 0 Å². The Labute approximate surface area is 138 Å². The van der Waals surface area contributed by atoms with Crippen molar-refractivity contribution in [1.82, 2.24) is 9.97 Å². The van der Waals surface area contributed by atoms with Crippen LogP contribution in [0.1, 0.15) is 32.9 Å². The highest BCUT2D eigenvalue weighted by molar-refractivity contribution is 9.10. The zero-order valence-corrected chi connectivity index (χ0v) is 14.7. The molecule has 2 aromatic rings. The number of hydrogen-bond donors (Lipinski definition) is 0. The molecule has 0 radical (unpaired) electrons. The summed E-state index contributed by atoms with van der Waals surface area (Å²) in [4.78, 5) is 8.94. The van der Waals surface area contributed by atoms with E-state index in [9.17, 15) is 0 Å². The first kappa shape index (κ1) is 16.2. The van der Waals surface area contributed by atoms with E-state index in [1.807, 2.05) is 38.1 Å². The largest absolute Gasteiger partial charge is 0.491 e. The molecular formula is C16H18BrClN2O. The topological polar surface area (TPSA) is 35.0 Å². The molecule has 0 spiro atoms. The molecule has 2 rings (SSSR count). The molecule has 0 amide bonds. The summed E-state index contributed by atoms with van der Waals surface area (Å²) >= 11 is 9.63. The Kier molecular flexibility index (Phi) is 5.59. The van der Waals surface area contributed by atoms with Gasteiger partial charge in [0.25, 0.3) is 0 Å². The second-order valence-corrected chi connectivity index (χ2v) is 6.19. The molecule has 0 saturated carbocycles. The van der Waals surface area contributed by atoms with Crippen molar-refractivity contribution in [2.75, 3.05) is 0 Å². The Hall–Kier alpha value is -1.13. The minimum Gasteiger partial charge on any atom is -0.491 e. The summed E-state index contributed by atoms with van der Waals surface area (Å²) in [6, 6.07) is 7.75. The van der Waals surface area contributed by atoms with Crippen molar-refractivity contribution >= 4 is 27.5 Å². The molecule has 0 unspecified atom stereocenters. The van der Waals surface area contributed by atoms with E-state index in [2.05, 4.69) is 32.8 Å². The second kappa shape index (κ2) is 7.23. The maximum Gasteiger partial charge on any atom is 0.161 e. The standard InChI is InChI=1S/C16H18BrClN2O/c1-4-5-13-14(17)15(18)20-16(19-13)11-6-8-12(9-7-11)21-10(2)3/h6-10H,4-5H2,1-3H3. The maximum absolute atomic E-state index is 6.18. The number of hydrogen-bond acceptors (Lipinski definition) is 3. The predicted octanol–water partition coefficient (Wildman–Crippen LogP) is 5.30. The fourth-order valence-corrected chi connectivity index (χ4v) is 2.51. The maximum atomic E-state index is 6.18. The zero-order chi connectivity index (χ0) is 15.4. The SMILES string of the molecule is CCCc1nc(-c2ccc(OC(C)C)cc2)nc(Cl)c1Br. The molecule has 3 nitrogen and oxygen atoms in total. The van der Waals surface area contributed by atoms with Crippen molar-refractivity contribution in [2.24, 2.45) is 0 Å². The average molecular weight is 370 g/mol. The molecule has 0 saturated heterocycles. The molecule has 0 bridgehead atoms. The van der Waals surface area contributed by atoms with E-state index in [4.69, 9.17) is 16.3 Å². The van der Waals surface area contributed by atoms with E-state index < -0.39 is 0 Å². The van der Waals surface area contributed by atoms with Gasteiger partial charge in [-0.2, -0.15) is 0 Å². The molecule has 112 valence electrons. The molecule has 1 heterocycles. The van der Waals surface area contributed by atoms with E-state index in [1.165, 1.54) is 0 Å². The van der Waals surface area contributed by atoms with Gasteiger partial charge >= 0.3 is 0 Å². The van der Waals surface area contributed by atoms with Gasteiger partial charge in [-0.3, -0.25) is 0 Å². The van der Waals surface area contributed by atoms with Crippen molar-refractivity contribution in [3.63, 3.8) is 0 Å². The molecule has 0 atom stereocenters. The smallest absolute Gasteiger partial charge is 0.161 e. The van der Waals surface area contributed by atoms with Crippen LogP contribution in [0.3, 0.4) is 0 Å². The average Bonchev–Trinajstić information content (AvgIpc) is 2.44. The van der Waals surface area contributed by atoms with E-state index >= 15 is 0 Å². The monoisotopic (exact) mass is 368 g/mol. The minimum atomic E-state index is 0.158. The van der Waals surface area contributed by atoms with E-state index in [-0.39, 0.29) is 6.10 Å². The fraction of sp³-hybridized carbons (Fsp3) is 0.375. The van der Waals surface area contributed by atoms with Gasteiger partial charge in [0.2, 0.25) is 0 Å². The van der Waals surface area contributed by atoms with Gasteiger partial charge < -0.3 is 4.74 Å². The summed E-state index contributed by atoms with van der Waals surface area (Å²) < 4.78 is 6.42. The highest BCUT2D eigenvalue weighted by atomic mass is 79.9. The quantitative estimate of drug-likeness (QED) is 0.671. The summed E-state index contributed by atoms with van der Waals surface area (Å²) in [5.41, 5.74) is 1.87. The van der Waals surface area contributed by atoms with Crippen molar-refractivity contribution in [2.45, 2.75) is 39.7 Å². The van der Waals surface area contributed by atoms with Crippen molar-refractivity contribution < 1.29 is 4.74 Å². The Morgan fingerprint density at radius 3 is 2.43 bits per heavy atom. The Morgan fingerprint density at radius 1 is 1.19 bits per heavy atom. The van der Waals surface area contributed by atoms with Crippen LogP contribution in [0.2, 0.25) is 5.15 Å².